The second kappa shape index (κ2) is 58100. The van der Waals surface area contributed by atoms with Crippen molar-refractivity contribution in [3.8, 4) is 0 Å². The molecule has 0 saturated carbocycles. The van der Waals surface area contributed by atoms with Crippen LogP contribution in [0.5, 0.6) is 0 Å². The van der Waals surface area contributed by atoms with Gasteiger partial charge in [0.05, 0.1) is 0 Å². The van der Waals surface area contributed by atoms with Crippen LogP contribution >= 0.6 is 0 Å². The Kier molecular flexibility index (Phi) is 162000. The van der Waals surface area contributed by atoms with Gasteiger partial charge >= 0.3 is 20.2 Å². The molecule has 0 bridgehead atoms. The zero-order valence-electron chi connectivity index (χ0n) is 4.32. The Morgan fingerprint density at radius 1 is 1.17 bits per heavy atom. The Bertz CT molecular complexity index is 14.9. The molecule has 0 aliphatic carbocycles. The standard InChI is InChI=1S/2CHO.CH3.Ru.H/c2*1-2;;;/h2*1H;1H3;;/q3*-1;+3;/i;;;;1+1. The van der Waals surface area contributed by atoms with Crippen LogP contribution in [0.3, 0.4) is 0 Å². The van der Waals surface area contributed by atoms with E-state index in [2.05, 4.69) is 13.6 Å². The van der Waals surface area contributed by atoms with Gasteiger partial charge in [-0.2, -0.15) is 0 Å². The van der Waals surface area contributed by atoms with Gasteiger partial charge in [0.25, 0.3) is 0 Å². The summed E-state index contributed by atoms with van der Waals surface area (Å²) in [7, 11) is 0. The van der Waals surface area contributed by atoms with E-state index in [1.54, 1.807) is 19.3 Å². The minimum Gasteiger partial charge on any atom is -0.545 e. The van der Waals surface area contributed by atoms with Gasteiger partial charge in [-0.25, -0.2) is 0 Å². The molecule has 0 aromatic carbocycles. The summed E-state index contributed by atoms with van der Waals surface area (Å²) in [4.78, 5) is 15.5. The molecule has 0 unspecified atom stereocenters. The molecule has 0 saturated heterocycles. The molecule has 0 amide bonds. The molecule has 6 heavy (non-hydrogen) atoms. The molecule has 2 nitrogen and oxygen atoms in total. The van der Waals surface area contributed by atoms with Crippen molar-refractivity contribution in [3.63, 3.8) is 0 Å². The van der Waals surface area contributed by atoms with Gasteiger partial charge < -0.3 is 17.0 Å². The van der Waals surface area contributed by atoms with Crippen molar-refractivity contribution in [3.05, 3.63) is 7.43 Å². The summed E-state index contributed by atoms with van der Waals surface area (Å²) in [6, 6.07) is 0. The molecule has 38 valence electrons. The molecular weight excluding hydrogens is 169 g/mol. The van der Waals surface area contributed by atoms with Gasteiger partial charge in [0.15, 0.2) is 0 Å². The maximum atomic E-state index is 7.75. The maximum absolute atomic E-state index is 7.75. The summed E-state index contributed by atoms with van der Waals surface area (Å²) >= 11 is 1.60. The first kappa shape index (κ1) is 16.7. The van der Waals surface area contributed by atoms with E-state index in [1.807, 2.05) is 0 Å². The Morgan fingerprint density at radius 3 is 1.17 bits per heavy atom. The number of carbonyl (C=O) groups excluding carboxylic acids is 2. The molecule has 0 atom stereocenters. The third kappa shape index (κ3) is 25900. The van der Waals surface area contributed by atoms with Crippen molar-refractivity contribution in [2.24, 2.45) is 0 Å². The summed E-state index contributed by atoms with van der Waals surface area (Å²) in [6.07, 6.45) is 0. The first-order valence-electron chi connectivity index (χ1n) is 0.825. The zero-order valence-corrected chi connectivity index (χ0v) is 5.06. The van der Waals surface area contributed by atoms with E-state index in [-0.39, 0.29) is 7.43 Å². The molecular formula is C3H6O2Ru. The van der Waals surface area contributed by atoms with Gasteiger partial charge in [0.1, 0.15) is 0 Å². The molecule has 0 rings (SSSR count). The fraction of sp³-hybridized carbons (Fsp3) is 0. The molecule has 0 aromatic rings. The van der Waals surface area contributed by atoms with Gasteiger partial charge in [-0.05, 0) is 0 Å². The van der Waals surface area contributed by atoms with Gasteiger partial charge in [0.2, 0.25) is 0 Å². The van der Waals surface area contributed by atoms with Crippen LogP contribution in [0, 0.1) is 7.43 Å². The second-order valence-electron chi connectivity index (χ2n) is 0. The topological polar surface area (TPSA) is 34.1 Å². The molecule has 0 N–H and O–H groups in total. The van der Waals surface area contributed by atoms with E-state index in [9.17, 15) is 0 Å². The minimum absolute atomic E-state index is 0. The SMILES string of the molecule is [2H][Ru+3].[CH-]=O.[CH-]=O.[CH3-]. The number of hydrogen-bond donors (Lipinski definition) is 0. The quantitative estimate of drug-likeness (QED) is 0.287. The molecule has 0 heterocycles. The van der Waals surface area contributed by atoms with E-state index >= 15 is 0 Å². The summed E-state index contributed by atoms with van der Waals surface area (Å²) < 4.78 is 5.68. The van der Waals surface area contributed by atoms with Gasteiger partial charge in [0, 0.05) is 0 Å². The van der Waals surface area contributed by atoms with Crippen LogP contribution in [0.4, 0.5) is 0 Å². The van der Waals surface area contributed by atoms with Crippen molar-refractivity contribution in [2.45, 2.75) is 0 Å². The van der Waals surface area contributed by atoms with Gasteiger partial charge in [-0.15, -0.1) is 0 Å². The van der Waals surface area contributed by atoms with E-state index < -0.39 is 0 Å². The predicted octanol–water partition coefficient (Wildman–Crippen LogP) is -0.368. The molecule has 0 aliphatic rings. The van der Waals surface area contributed by atoms with E-state index in [0.29, 0.717) is 0 Å². The average Bonchev–Trinajstić information content (AvgIpc) is 1.81. The molecule has 0 spiro atoms. The van der Waals surface area contributed by atoms with Gasteiger partial charge in [-0.1, -0.05) is 0 Å². The molecule has 3 heteroatoms. The maximum Gasteiger partial charge on any atom is -0.282 e. The van der Waals surface area contributed by atoms with Crippen molar-refractivity contribution in [1.29, 1.82) is 0.832 Å². The van der Waals surface area contributed by atoms with Crippen molar-refractivity contribution < 1.29 is 28.9 Å². The van der Waals surface area contributed by atoms with Crippen LogP contribution in [0.15, 0.2) is 0 Å². The first-order chi connectivity index (χ1) is 3.00. The van der Waals surface area contributed by atoms with E-state index in [1.165, 1.54) is 0 Å². The van der Waals surface area contributed by atoms with Crippen molar-refractivity contribution >= 4 is 13.6 Å². The minimum atomic E-state index is 0. The van der Waals surface area contributed by atoms with Crippen molar-refractivity contribution in [2.75, 3.05) is 0 Å². The summed E-state index contributed by atoms with van der Waals surface area (Å²) in [5.74, 6) is 0. The monoisotopic (exact) mass is 177 g/mol. The first-order valence-corrected chi connectivity index (χ1v) is 0.471. The smallest absolute Gasteiger partial charge is 0.282 e. The van der Waals surface area contributed by atoms with Crippen LogP contribution in [0.2, 0.25) is 0 Å². The Balaban J connectivity index is -0.00000000900. The largest absolute Gasteiger partial charge is 0.545 e. The van der Waals surface area contributed by atoms with Crippen LogP contribution < -0.4 is 0 Å². The number of rotatable bonds is 0. The zero-order chi connectivity index (χ0) is 6.00. The van der Waals surface area contributed by atoms with Crippen LogP contribution in [-0.2, 0) is 28.9 Å². The van der Waals surface area contributed by atoms with E-state index in [4.69, 9.17) is 10.4 Å². The van der Waals surface area contributed by atoms with Crippen molar-refractivity contribution in [1.82, 2.24) is 0 Å². The average molecular weight is 176 g/mol. The van der Waals surface area contributed by atoms with Crippen LogP contribution in [0.25, 0.3) is 0 Å². The third-order valence-electron chi connectivity index (χ3n) is 0. The Labute approximate surface area is 51.4 Å². The summed E-state index contributed by atoms with van der Waals surface area (Å²) in [5.41, 5.74) is 0. The Morgan fingerprint density at radius 2 is 1.17 bits per heavy atom. The fourth-order valence-electron chi connectivity index (χ4n) is 0. The van der Waals surface area contributed by atoms with Crippen LogP contribution in [0.1, 0.15) is 0 Å². The molecule has 0 radical (unpaired) electrons. The second-order valence-corrected chi connectivity index (χ2v) is 0. The summed E-state index contributed by atoms with van der Waals surface area (Å²) in [6.45, 7) is 6.50. The third-order valence-corrected chi connectivity index (χ3v) is 0. The van der Waals surface area contributed by atoms with E-state index in [0.717, 1.165) is 0 Å². The molecule has 0 fully saturated rings. The van der Waals surface area contributed by atoms with Crippen LogP contribution in [-0.4, -0.2) is 14.4 Å². The molecule has 0 aromatic heterocycles. The van der Waals surface area contributed by atoms with Gasteiger partial charge in [-0.3, -0.25) is 13.6 Å². The fourth-order valence-corrected chi connectivity index (χ4v) is 0. The Hall–Kier alpha value is -0.0366. The number of hydrogen-bond acceptors (Lipinski definition) is 2. The molecule has 0 aliphatic heterocycles. The summed E-state index contributed by atoms with van der Waals surface area (Å²) in [5, 5.41) is 0. The normalized spacial score (nSPS) is 2.33. The predicted molar refractivity (Wildman–Crippen MR) is 21.3 cm³/mol.